The largest absolute Gasteiger partial charge is 0.433 e. The average Bonchev–Trinajstić information content (AvgIpc) is 2.45. The molecule has 3 nitrogen and oxygen atoms in total. The van der Waals surface area contributed by atoms with E-state index in [0.29, 0.717) is 16.6 Å². The topological polar surface area (TPSA) is 46.0 Å². The van der Waals surface area contributed by atoms with Crippen LogP contribution in [0.3, 0.4) is 0 Å². The summed E-state index contributed by atoms with van der Waals surface area (Å²) >= 11 is 0. The van der Waals surface area contributed by atoms with Gasteiger partial charge in [0.05, 0.1) is 5.69 Å². The number of hydrogen-bond donors (Lipinski definition) is 1. The lowest BCUT2D eigenvalue weighted by atomic mass is 10.0. The van der Waals surface area contributed by atoms with Crippen molar-refractivity contribution >= 4 is 8.07 Å². The summed E-state index contributed by atoms with van der Waals surface area (Å²) in [6.07, 6.45) is -3.78. The predicted octanol–water partition coefficient (Wildman–Crippen LogP) is 4.92. The molecular formula is C18H27F3N2OSi. The minimum absolute atomic E-state index is 0.138. The van der Waals surface area contributed by atoms with Crippen LogP contribution < -0.4 is 0 Å². The molecule has 0 aromatic carbocycles. The summed E-state index contributed by atoms with van der Waals surface area (Å²) in [5, 5.41) is 10.7. The first-order valence-corrected chi connectivity index (χ1v) is 10.6. The number of rotatable bonds is 4. The van der Waals surface area contributed by atoms with Crippen LogP contribution in [-0.4, -0.2) is 23.1 Å². The molecule has 1 aromatic rings. The molecule has 1 aromatic heterocycles. The third kappa shape index (κ3) is 4.62. The van der Waals surface area contributed by atoms with E-state index in [0.717, 1.165) is 12.4 Å². The minimum Gasteiger partial charge on any atom is -0.372 e. The van der Waals surface area contributed by atoms with Crippen molar-refractivity contribution in [2.75, 3.05) is 0 Å². The van der Waals surface area contributed by atoms with Gasteiger partial charge in [-0.05, 0) is 29.6 Å². The van der Waals surface area contributed by atoms with Gasteiger partial charge in [-0.15, -0.1) is 5.54 Å². The average molecular weight is 373 g/mol. The van der Waals surface area contributed by atoms with Gasteiger partial charge in [-0.25, -0.2) is 9.97 Å². The van der Waals surface area contributed by atoms with Gasteiger partial charge in [0.15, 0.2) is 5.60 Å². The fourth-order valence-corrected chi connectivity index (χ4v) is 8.83. The first-order valence-electron chi connectivity index (χ1n) is 8.41. The second-order valence-electron chi connectivity index (χ2n) is 7.51. The van der Waals surface area contributed by atoms with Crippen molar-refractivity contribution in [1.82, 2.24) is 9.97 Å². The first-order chi connectivity index (χ1) is 11.2. The Hall–Kier alpha value is -1.39. The van der Waals surface area contributed by atoms with Crippen molar-refractivity contribution in [1.29, 1.82) is 0 Å². The molecule has 1 atom stereocenters. The molecule has 7 heteroatoms. The van der Waals surface area contributed by atoms with Crippen LogP contribution in [0.5, 0.6) is 0 Å². The Morgan fingerprint density at radius 3 is 1.80 bits per heavy atom. The summed E-state index contributed by atoms with van der Waals surface area (Å²) in [6, 6.07) is 0.762. The normalized spacial score (nSPS) is 15.3. The van der Waals surface area contributed by atoms with Crippen LogP contribution in [0.1, 0.15) is 59.9 Å². The Labute approximate surface area is 149 Å². The first kappa shape index (κ1) is 21.6. The lowest BCUT2D eigenvalue weighted by molar-refractivity contribution is -0.141. The van der Waals surface area contributed by atoms with Crippen LogP contribution in [0.25, 0.3) is 0 Å². The minimum atomic E-state index is -4.59. The highest BCUT2D eigenvalue weighted by Crippen LogP contribution is 2.41. The van der Waals surface area contributed by atoms with Crippen molar-refractivity contribution in [3.8, 4) is 11.5 Å². The molecule has 1 unspecified atom stereocenters. The van der Waals surface area contributed by atoms with Crippen LogP contribution in [0.2, 0.25) is 16.6 Å². The molecule has 0 radical (unpaired) electrons. The van der Waals surface area contributed by atoms with Crippen LogP contribution in [0, 0.1) is 11.5 Å². The second-order valence-corrected chi connectivity index (χ2v) is 13.1. The summed E-state index contributed by atoms with van der Waals surface area (Å²) in [6.45, 7) is 14.1. The number of hydrogen-bond acceptors (Lipinski definition) is 3. The lowest BCUT2D eigenvalue weighted by Gasteiger charge is -2.38. The second kappa shape index (κ2) is 7.46. The van der Waals surface area contributed by atoms with E-state index >= 15 is 0 Å². The zero-order valence-corrected chi connectivity index (χ0v) is 16.9. The summed E-state index contributed by atoms with van der Waals surface area (Å²) in [5.41, 5.74) is 1.40. The predicted molar refractivity (Wildman–Crippen MR) is 95.4 cm³/mol. The molecule has 0 aliphatic carbocycles. The number of aromatic nitrogens is 2. The van der Waals surface area contributed by atoms with E-state index in [1.54, 1.807) is 0 Å². The highest BCUT2D eigenvalue weighted by Gasteiger charge is 2.42. The molecule has 0 saturated carbocycles. The van der Waals surface area contributed by atoms with E-state index in [4.69, 9.17) is 0 Å². The van der Waals surface area contributed by atoms with Crippen molar-refractivity contribution in [2.45, 2.75) is 76.9 Å². The molecule has 0 spiro atoms. The highest BCUT2D eigenvalue weighted by molar-refractivity contribution is 6.90. The quantitative estimate of drug-likeness (QED) is 0.602. The van der Waals surface area contributed by atoms with Gasteiger partial charge in [-0.1, -0.05) is 47.5 Å². The molecule has 0 aliphatic rings. The van der Waals surface area contributed by atoms with Gasteiger partial charge in [0, 0.05) is 0 Å². The summed E-state index contributed by atoms with van der Waals surface area (Å²) < 4.78 is 38.5. The Bertz CT molecular complexity index is 636. The number of alkyl halides is 3. The molecule has 1 N–H and O–H groups in total. The molecule has 1 rings (SSSR count). The number of halogens is 3. The van der Waals surface area contributed by atoms with E-state index in [9.17, 15) is 18.3 Å². The maximum Gasteiger partial charge on any atom is 0.433 e. The van der Waals surface area contributed by atoms with Crippen molar-refractivity contribution in [3.05, 3.63) is 23.8 Å². The molecular weight excluding hydrogens is 345 g/mol. The highest BCUT2D eigenvalue weighted by atomic mass is 28.3. The van der Waals surface area contributed by atoms with Gasteiger partial charge in [-0.3, -0.25) is 0 Å². The third-order valence-corrected chi connectivity index (χ3v) is 11.1. The lowest BCUT2D eigenvalue weighted by Crippen LogP contribution is -2.43. The van der Waals surface area contributed by atoms with Crippen LogP contribution in [0.4, 0.5) is 13.2 Å². The van der Waals surface area contributed by atoms with Gasteiger partial charge < -0.3 is 5.11 Å². The van der Waals surface area contributed by atoms with E-state index in [1.807, 2.05) is 0 Å². The molecule has 0 fully saturated rings. The van der Waals surface area contributed by atoms with E-state index < -0.39 is 25.5 Å². The zero-order valence-electron chi connectivity index (χ0n) is 15.9. The maximum absolute atomic E-state index is 12.8. The molecule has 0 saturated heterocycles. The zero-order chi connectivity index (χ0) is 19.6. The maximum atomic E-state index is 12.8. The summed E-state index contributed by atoms with van der Waals surface area (Å²) in [5.74, 6) is 2.85. The van der Waals surface area contributed by atoms with Crippen LogP contribution in [0.15, 0.2) is 12.4 Å². The molecule has 0 aliphatic heterocycles. The monoisotopic (exact) mass is 372 g/mol. The smallest absolute Gasteiger partial charge is 0.372 e. The van der Waals surface area contributed by atoms with Crippen molar-refractivity contribution < 1.29 is 18.3 Å². The Morgan fingerprint density at radius 1 is 0.960 bits per heavy atom. The van der Waals surface area contributed by atoms with E-state index in [2.05, 4.69) is 63.0 Å². The molecule has 25 heavy (non-hydrogen) atoms. The van der Waals surface area contributed by atoms with Crippen LogP contribution >= 0.6 is 0 Å². The molecule has 140 valence electrons. The fourth-order valence-electron chi connectivity index (χ4n) is 3.51. The van der Waals surface area contributed by atoms with E-state index in [1.165, 1.54) is 6.92 Å². The SMILES string of the molecule is CC(C)[Si](C#CC(C)(O)c1cc(C(F)(F)F)ncn1)(C(C)C)C(C)C. The van der Waals surface area contributed by atoms with E-state index in [-0.39, 0.29) is 5.69 Å². The van der Waals surface area contributed by atoms with Gasteiger partial charge in [0.2, 0.25) is 0 Å². The van der Waals surface area contributed by atoms with Gasteiger partial charge in [0.1, 0.15) is 20.1 Å². The van der Waals surface area contributed by atoms with Crippen molar-refractivity contribution in [3.63, 3.8) is 0 Å². The number of aliphatic hydroxyl groups is 1. The van der Waals surface area contributed by atoms with Gasteiger partial charge in [-0.2, -0.15) is 13.2 Å². The molecule has 0 amide bonds. The van der Waals surface area contributed by atoms with Gasteiger partial charge in [0.25, 0.3) is 0 Å². The Morgan fingerprint density at radius 2 is 1.40 bits per heavy atom. The van der Waals surface area contributed by atoms with Gasteiger partial charge >= 0.3 is 6.18 Å². The molecule has 1 heterocycles. The Kier molecular flexibility index (Phi) is 6.46. The van der Waals surface area contributed by atoms with Crippen LogP contribution in [-0.2, 0) is 11.8 Å². The Balaban J connectivity index is 3.40. The summed E-state index contributed by atoms with van der Waals surface area (Å²) in [7, 11) is -2.11. The third-order valence-electron chi connectivity index (χ3n) is 4.84. The standard InChI is InChI=1S/C18H27F3N2OSi/c1-12(2)25(13(3)4,14(5)6)9-8-17(7,24)15-10-16(18(19,20)21)23-11-22-15/h10-14,24H,1-7H3. The number of nitrogens with zero attached hydrogens (tertiary/aromatic N) is 2. The summed E-state index contributed by atoms with van der Waals surface area (Å²) in [4.78, 5) is 7.04. The fraction of sp³-hybridized carbons (Fsp3) is 0.667. The molecule has 0 bridgehead atoms. The van der Waals surface area contributed by atoms with Crippen molar-refractivity contribution in [2.24, 2.45) is 0 Å².